The Hall–Kier alpha value is -3.03. The predicted molar refractivity (Wildman–Crippen MR) is 122 cm³/mol. The largest absolute Gasteiger partial charge is 0.349 e. The number of aromatic nitrogens is 3. The van der Waals surface area contributed by atoms with Gasteiger partial charge in [-0.2, -0.15) is 0 Å². The van der Waals surface area contributed by atoms with Crippen LogP contribution in [0.5, 0.6) is 0 Å². The fourth-order valence-corrected chi connectivity index (χ4v) is 3.84. The quantitative estimate of drug-likeness (QED) is 0.570. The Balaban J connectivity index is 1.39. The monoisotopic (exact) mass is 418 g/mol. The molecule has 1 aromatic heterocycles. The maximum absolute atomic E-state index is 12.7. The molecular formula is C24H30N6O. The number of amides is 1. The van der Waals surface area contributed by atoms with Crippen molar-refractivity contribution in [2.24, 2.45) is 0 Å². The summed E-state index contributed by atoms with van der Waals surface area (Å²) >= 11 is 0. The van der Waals surface area contributed by atoms with Crippen LogP contribution in [-0.4, -0.2) is 76.3 Å². The fraction of sp³-hybridized carbons (Fsp3) is 0.375. The SMILES string of the molecule is CCN1CCN(CCCNC(=O)c2nc(-c3ccccc3)n(-c3ccccc3)n2)CC1. The van der Waals surface area contributed by atoms with E-state index in [0.29, 0.717) is 12.4 Å². The average Bonchev–Trinajstić information content (AvgIpc) is 3.29. The summed E-state index contributed by atoms with van der Waals surface area (Å²) < 4.78 is 1.73. The van der Waals surface area contributed by atoms with Gasteiger partial charge < -0.3 is 15.1 Å². The van der Waals surface area contributed by atoms with Gasteiger partial charge in [-0.05, 0) is 31.6 Å². The van der Waals surface area contributed by atoms with E-state index in [-0.39, 0.29) is 11.7 Å². The van der Waals surface area contributed by atoms with Crippen LogP contribution >= 0.6 is 0 Å². The van der Waals surface area contributed by atoms with E-state index >= 15 is 0 Å². The number of piperazine rings is 1. The molecule has 3 aromatic rings. The third-order valence-electron chi connectivity index (χ3n) is 5.69. The normalized spacial score (nSPS) is 15.1. The Labute approximate surface area is 183 Å². The molecule has 7 heteroatoms. The number of nitrogens with one attached hydrogen (secondary N) is 1. The number of hydrogen-bond donors (Lipinski definition) is 1. The first-order chi connectivity index (χ1) is 15.2. The third kappa shape index (κ3) is 5.37. The number of nitrogens with zero attached hydrogens (tertiary/aromatic N) is 5. The van der Waals surface area contributed by atoms with Crippen LogP contribution in [0.25, 0.3) is 17.1 Å². The second-order valence-electron chi connectivity index (χ2n) is 7.76. The summed E-state index contributed by atoms with van der Waals surface area (Å²) in [6.07, 6.45) is 0.919. The van der Waals surface area contributed by atoms with Crippen molar-refractivity contribution in [3.05, 3.63) is 66.5 Å². The smallest absolute Gasteiger partial charge is 0.290 e. The van der Waals surface area contributed by atoms with E-state index in [2.05, 4.69) is 32.1 Å². The van der Waals surface area contributed by atoms with Crippen molar-refractivity contribution in [2.75, 3.05) is 45.8 Å². The third-order valence-corrected chi connectivity index (χ3v) is 5.69. The van der Waals surface area contributed by atoms with Crippen molar-refractivity contribution in [2.45, 2.75) is 13.3 Å². The second-order valence-corrected chi connectivity index (χ2v) is 7.76. The number of para-hydroxylation sites is 1. The van der Waals surface area contributed by atoms with Crippen LogP contribution in [0.1, 0.15) is 24.0 Å². The Morgan fingerprint density at radius 3 is 2.26 bits per heavy atom. The molecular weight excluding hydrogens is 388 g/mol. The molecule has 7 nitrogen and oxygen atoms in total. The summed E-state index contributed by atoms with van der Waals surface area (Å²) in [5.41, 5.74) is 1.79. The molecule has 1 saturated heterocycles. The lowest BCUT2D eigenvalue weighted by Crippen LogP contribution is -2.46. The van der Waals surface area contributed by atoms with Gasteiger partial charge in [-0.1, -0.05) is 55.5 Å². The average molecular weight is 419 g/mol. The van der Waals surface area contributed by atoms with Crippen LogP contribution in [0.4, 0.5) is 0 Å². The highest BCUT2D eigenvalue weighted by Crippen LogP contribution is 2.20. The zero-order chi connectivity index (χ0) is 21.5. The minimum atomic E-state index is -0.234. The van der Waals surface area contributed by atoms with Crippen molar-refractivity contribution < 1.29 is 4.79 Å². The molecule has 0 aliphatic carbocycles. The highest BCUT2D eigenvalue weighted by atomic mass is 16.2. The Morgan fingerprint density at radius 1 is 0.935 bits per heavy atom. The molecule has 1 amide bonds. The van der Waals surface area contributed by atoms with E-state index < -0.39 is 0 Å². The summed E-state index contributed by atoms with van der Waals surface area (Å²) in [7, 11) is 0. The molecule has 1 N–H and O–H groups in total. The maximum Gasteiger partial charge on any atom is 0.290 e. The van der Waals surface area contributed by atoms with Crippen molar-refractivity contribution in [3.63, 3.8) is 0 Å². The van der Waals surface area contributed by atoms with Gasteiger partial charge >= 0.3 is 0 Å². The molecule has 1 aliphatic heterocycles. The Bertz CT molecular complexity index is 907. The van der Waals surface area contributed by atoms with Crippen LogP contribution in [-0.2, 0) is 0 Å². The Kier molecular flexibility index (Phi) is 7.07. The van der Waals surface area contributed by atoms with Crippen LogP contribution in [0, 0.1) is 0 Å². The molecule has 162 valence electrons. The van der Waals surface area contributed by atoms with Gasteiger partial charge in [-0.25, -0.2) is 9.67 Å². The highest BCUT2D eigenvalue weighted by molar-refractivity contribution is 5.91. The number of benzene rings is 2. The van der Waals surface area contributed by atoms with E-state index in [1.807, 2.05) is 60.7 Å². The topological polar surface area (TPSA) is 66.3 Å². The molecule has 0 radical (unpaired) electrons. The van der Waals surface area contributed by atoms with E-state index in [0.717, 1.165) is 56.9 Å². The molecule has 0 spiro atoms. The van der Waals surface area contributed by atoms with Crippen molar-refractivity contribution in [3.8, 4) is 17.1 Å². The summed E-state index contributed by atoms with van der Waals surface area (Å²) in [5.74, 6) is 0.618. The van der Waals surface area contributed by atoms with E-state index in [1.165, 1.54) is 0 Å². The molecule has 2 heterocycles. The summed E-state index contributed by atoms with van der Waals surface area (Å²) in [4.78, 5) is 22.2. The molecule has 1 fully saturated rings. The predicted octanol–water partition coefficient (Wildman–Crippen LogP) is 2.69. The van der Waals surface area contributed by atoms with Crippen LogP contribution in [0.15, 0.2) is 60.7 Å². The number of likely N-dealkylation sites (N-methyl/N-ethyl adjacent to an activating group) is 1. The second kappa shape index (κ2) is 10.3. The van der Waals surface area contributed by atoms with Gasteiger partial charge in [0.2, 0.25) is 5.82 Å². The van der Waals surface area contributed by atoms with E-state index in [4.69, 9.17) is 0 Å². The van der Waals surface area contributed by atoms with Crippen molar-refractivity contribution in [1.29, 1.82) is 0 Å². The molecule has 2 aromatic carbocycles. The lowest BCUT2D eigenvalue weighted by atomic mass is 10.2. The molecule has 0 saturated carbocycles. The lowest BCUT2D eigenvalue weighted by molar-refractivity contribution is 0.0938. The molecule has 0 bridgehead atoms. The van der Waals surface area contributed by atoms with E-state index in [9.17, 15) is 4.79 Å². The van der Waals surface area contributed by atoms with Crippen LogP contribution in [0.3, 0.4) is 0 Å². The molecule has 0 unspecified atom stereocenters. The fourth-order valence-electron chi connectivity index (χ4n) is 3.84. The summed E-state index contributed by atoms with van der Waals surface area (Å²) in [6.45, 7) is 9.42. The highest BCUT2D eigenvalue weighted by Gasteiger charge is 2.19. The number of hydrogen-bond acceptors (Lipinski definition) is 5. The van der Waals surface area contributed by atoms with Gasteiger partial charge in [-0.15, -0.1) is 5.10 Å². The summed E-state index contributed by atoms with van der Waals surface area (Å²) in [6, 6.07) is 19.6. The van der Waals surface area contributed by atoms with Gasteiger partial charge in [0.05, 0.1) is 5.69 Å². The first kappa shape index (κ1) is 21.2. The van der Waals surface area contributed by atoms with Crippen LogP contribution in [0.2, 0.25) is 0 Å². The zero-order valence-electron chi connectivity index (χ0n) is 18.1. The van der Waals surface area contributed by atoms with Gasteiger partial charge in [0.1, 0.15) is 0 Å². The number of carbonyl (C=O) groups is 1. The van der Waals surface area contributed by atoms with Gasteiger partial charge in [-0.3, -0.25) is 4.79 Å². The zero-order valence-corrected chi connectivity index (χ0v) is 18.1. The van der Waals surface area contributed by atoms with Crippen LogP contribution < -0.4 is 5.32 Å². The molecule has 1 aliphatic rings. The van der Waals surface area contributed by atoms with Gasteiger partial charge in [0.15, 0.2) is 5.82 Å². The first-order valence-corrected chi connectivity index (χ1v) is 11.1. The van der Waals surface area contributed by atoms with Crippen molar-refractivity contribution >= 4 is 5.91 Å². The lowest BCUT2D eigenvalue weighted by Gasteiger charge is -2.33. The first-order valence-electron chi connectivity index (χ1n) is 11.1. The van der Waals surface area contributed by atoms with Gasteiger partial charge in [0, 0.05) is 38.3 Å². The maximum atomic E-state index is 12.7. The minimum Gasteiger partial charge on any atom is -0.349 e. The number of carbonyl (C=O) groups excluding carboxylic acids is 1. The van der Waals surface area contributed by atoms with Gasteiger partial charge in [0.25, 0.3) is 5.91 Å². The molecule has 31 heavy (non-hydrogen) atoms. The van der Waals surface area contributed by atoms with Crippen molar-refractivity contribution in [1.82, 2.24) is 29.9 Å². The Morgan fingerprint density at radius 2 is 1.58 bits per heavy atom. The number of rotatable bonds is 8. The van der Waals surface area contributed by atoms with E-state index in [1.54, 1.807) is 4.68 Å². The molecule has 0 atom stereocenters. The summed E-state index contributed by atoms with van der Waals surface area (Å²) in [5, 5.41) is 7.51. The molecule has 4 rings (SSSR count). The standard InChI is InChI=1S/C24H30N6O/c1-2-28-16-18-29(19-17-28)15-9-14-25-24(31)22-26-23(20-10-5-3-6-11-20)30(27-22)21-12-7-4-8-13-21/h3-8,10-13H,2,9,14-19H2,1H3,(H,25,31). The minimum absolute atomic E-state index is 0.194.